The maximum Gasteiger partial charge on any atom is 0.240 e. The van der Waals surface area contributed by atoms with Crippen LogP contribution < -0.4 is 10.9 Å². The van der Waals surface area contributed by atoms with E-state index in [0.717, 1.165) is 17.5 Å². The molecule has 8 nitrogen and oxygen atoms in total. The predicted molar refractivity (Wildman–Crippen MR) is 152 cm³/mol. The predicted octanol–water partition coefficient (Wildman–Crippen LogP) is 4.86. The highest BCUT2D eigenvalue weighted by Crippen LogP contribution is 2.10. The number of carbonyl (C=O) groups is 2. The highest BCUT2D eigenvalue weighted by atomic mass is 16.2. The second-order valence-electron chi connectivity index (χ2n) is 8.71. The molecule has 2 aromatic carbocycles. The van der Waals surface area contributed by atoms with Gasteiger partial charge in [0.1, 0.15) is 11.4 Å². The summed E-state index contributed by atoms with van der Waals surface area (Å²) in [6.45, 7) is 0. The molecule has 2 heterocycles. The van der Waals surface area contributed by atoms with Gasteiger partial charge in [0.25, 0.3) is 0 Å². The van der Waals surface area contributed by atoms with Gasteiger partial charge in [-0.3, -0.25) is 19.6 Å². The quantitative estimate of drug-likeness (QED) is 0.159. The summed E-state index contributed by atoms with van der Waals surface area (Å²) < 4.78 is 0. The third-order valence-corrected chi connectivity index (χ3v) is 5.80. The average Bonchev–Trinajstić information content (AvgIpc) is 2.99. The number of hydrogen-bond acceptors (Lipinski definition) is 6. The highest BCUT2D eigenvalue weighted by Gasteiger charge is 2.11. The van der Waals surface area contributed by atoms with E-state index in [-0.39, 0.29) is 11.8 Å². The standard InChI is InChI=1S/C31H30N6O2/c38-28(34-36-30(24-14-4-1-5-15-24)26-18-10-12-22-32-26)20-8-3-9-21-29(39)35-37-31(25-16-6-2-7-17-25)27-19-11-13-23-33-27/h1-2,4-7,10-19,22-23H,3,8-9,20-21H2,(H,34,38)(H,35,39). The van der Waals surface area contributed by atoms with Crippen molar-refractivity contribution in [3.63, 3.8) is 0 Å². The number of amides is 2. The summed E-state index contributed by atoms with van der Waals surface area (Å²) in [4.78, 5) is 33.6. The Morgan fingerprint density at radius 3 is 1.33 bits per heavy atom. The Labute approximate surface area is 227 Å². The Morgan fingerprint density at radius 2 is 0.949 bits per heavy atom. The van der Waals surface area contributed by atoms with Gasteiger partial charge in [0.2, 0.25) is 11.8 Å². The molecular weight excluding hydrogens is 488 g/mol. The molecule has 0 saturated carbocycles. The number of hydrazone groups is 2. The van der Waals surface area contributed by atoms with Gasteiger partial charge < -0.3 is 0 Å². The molecule has 0 bridgehead atoms. The number of aromatic nitrogens is 2. The van der Waals surface area contributed by atoms with E-state index in [2.05, 4.69) is 31.0 Å². The molecule has 0 radical (unpaired) electrons. The van der Waals surface area contributed by atoms with Crippen LogP contribution in [-0.4, -0.2) is 33.2 Å². The van der Waals surface area contributed by atoms with Crippen molar-refractivity contribution in [2.24, 2.45) is 10.2 Å². The van der Waals surface area contributed by atoms with Crippen LogP contribution in [0.15, 0.2) is 120 Å². The lowest BCUT2D eigenvalue weighted by molar-refractivity contribution is -0.121. The van der Waals surface area contributed by atoms with Crippen LogP contribution in [0.2, 0.25) is 0 Å². The van der Waals surface area contributed by atoms with Crippen LogP contribution in [0.3, 0.4) is 0 Å². The summed E-state index contributed by atoms with van der Waals surface area (Å²) in [7, 11) is 0. The van der Waals surface area contributed by atoms with E-state index in [0.29, 0.717) is 48.5 Å². The monoisotopic (exact) mass is 518 g/mol. The van der Waals surface area contributed by atoms with Gasteiger partial charge in [-0.05, 0) is 37.1 Å². The fraction of sp³-hybridized carbons (Fsp3) is 0.161. The number of nitrogens with one attached hydrogen (secondary N) is 2. The van der Waals surface area contributed by atoms with Crippen molar-refractivity contribution < 1.29 is 9.59 Å². The molecule has 4 rings (SSSR count). The molecule has 0 aliphatic rings. The zero-order valence-corrected chi connectivity index (χ0v) is 21.5. The van der Waals surface area contributed by atoms with Crippen LogP contribution in [0.25, 0.3) is 0 Å². The van der Waals surface area contributed by atoms with Gasteiger partial charge in [-0.25, -0.2) is 10.9 Å². The van der Waals surface area contributed by atoms with Crippen molar-refractivity contribution >= 4 is 23.2 Å². The summed E-state index contributed by atoms with van der Waals surface area (Å²) in [5.74, 6) is -0.368. The summed E-state index contributed by atoms with van der Waals surface area (Å²) >= 11 is 0. The van der Waals surface area contributed by atoms with Gasteiger partial charge in [-0.15, -0.1) is 0 Å². The van der Waals surface area contributed by atoms with E-state index in [1.54, 1.807) is 12.4 Å². The molecule has 0 aliphatic carbocycles. The number of hydrogen-bond donors (Lipinski definition) is 2. The van der Waals surface area contributed by atoms with Gasteiger partial charge in [0.15, 0.2) is 0 Å². The fourth-order valence-corrected chi connectivity index (χ4v) is 3.83. The Hall–Kier alpha value is -4.98. The van der Waals surface area contributed by atoms with Crippen LogP contribution in [0.5, 0.6) is 0 Å². The second-order valence-corrected chi connectivity index (χ2v) is 8.71. The van der Waals surface area contributed by atoms with Crippen LogP contribution in [0.4, 0.5) is 0 Å². The van der Waals surface area contributed by atoms with Gasteiger partial charge in [-0.2, -0.15) is 10.2 Å². The topological polar surface area (TPSA) is 109 Å². The Bertz CT molecular complexity index is 1200. The number of rotatable bonds is 12. The van der Waals surface area contributed by atoms with Crippen LogP contribution >= 0.6 is 0 Å². The normalized spacial score (nSPS) is 11.6. The first-order valence-electron chi connectivity index (χ1n) is 12.9. The van der Waals surface area contributed by atoms with Crippen molar-refractivity contribution in [2.45, 2.75) is 32.1 Å². The molecule has 0 aliphatic heterocycles. The van der Waals surface area contributed by atoms with E-state index < -0.39 is 0 Å². The maximum atomic E-state index is 12.4. The number of nitrogens with zero attached hydrogens (tertiary/aromatic N) is 4. The minimum absolute atomic E-state index is 0.184. The first-order valence-corrected chi connectivity index (χ1v) is 12.9. The Kier molecular flexibility index (Phi) is 10.2. The maximum absolute atomic E-state index is 12.4. The van der Waals surface area contributed by atoms with E-state index in [4.69, 9.17) is 0 Å². The minimum atomic E-state index is -0.184. The third kappa shape index (κ3) is 8.53. The molecule has 2 amide bonds. The molecule has 0 fully saturated rings. The molecule has 196 valence electrons. The second kappa shape index (κ2) is 14.7. The first kappa shape index (κ1) is 27.1. The zero-order chi connectivity index (χ0) is 27.1. The molecule has 0 unspecified atom stereocenters. The SMILES string of the molecule is O=C(CCCCCC(=O)NN=C(c1ccccc1)c1ccccn1)NN=C(c1ccccc1)c1ccccn1. The van der Waals surface area contributed by atoms with Crippen molar-refractivity contribution in [3.8, 4) is 0 Å². The smallest absolute Gasteiger partial charge is 0.240 e. The van der Waals surface area contributed by atoms with Gasteiger partial charge in [-0.1, -0.05) is 79.2 Å². The molecule has 0 saturated heterocycles. The molecule has 0 spiro atoms. The fourth-order valence-electron chi connectivity index (χ4n) is 3.83. The van der Waals surface area contributed by atoms with Gasteiger partial charge >= 0.3 is 0 Å². The zero-order valence-electron chi connectivity index (χ0n) is 21.5. The number of benzene rings is 2. The number of carbonyl (C=O) groups excluding carboxylic acids is 2. The van der Waals surface area contributed by atoms with Crippen LogP contribution in [0, 0.1) is 0 Å². The Balaban J connectivity index is 1.23. The van der Waals surface area contributed by atoms with Crippen molar-refractivity contribution in [2.75, 3.05) is 0 Å². The van der Waals surface area contributed by atoms with Gasteiger partial charge in [0.05, 0.1) is 11.4 Å². The van der Waals surface area contributed by atoms with Crippen molar-refractivity contribution in [1.82, 2.24) is 20.8 Å². The third-order valence-electron chi connectivity index (χ3n) is 5.80. The molecular formula is C31H30N6O2. The minimum Gasteiger partial charge on any atom is -0.273 e. The first-order chi connectivity index (χ1) is 19.2. The van der Waals surface area contributed by atoms with Gasteiger partial charge in [0, 0.05) is 36.4 Å². The van der Waals surface area contributed by atoms with Crippen LogP contribution in [-0.2, 0) is 9.59 Å². The largest absolute Gasteiger partial charge is 0.273 e. The molecule has 2 aromatic heterocycles. The molecule has 8 heteroatoms. The van der Waals surface area contributed by atoms with E-state index >= 15 is 0 Å². The van der Waals surface area contributed by atoms with Crippen molar-refractivity contribution in [3.05, 3.63) is 132 Å². The van der Waals surface area contributed by atoms with E-state index in [1.165, 1.54) is 0 Å². The summed E-state index contributed by atoms with van der Waals surface area (Å²) in [6.07, 6.45) is 6.02. The average molecular weight is 519 g/mol. The highest BCUT2D eigenvalue weighted by molar-refractivity contribution is 6.12. The summed E-state index contributed by atoms with van der Waals surface area (Å²) in [5.41, 5.74) is 9.58. The summed E-state index contributed by atoms with van der Waals surface area (Å²) in [6, 6.07) is 30.3. The lowest BCUT2D eigenvalue weighted by Crippen LogP contribution is -2.21. The lowest BCUT2D eigenvalue weighted by atomic mass is 10.1. The molecule has 0 atom stereocenters. The van der Waals surface area contributed by atoms with E-state index in [1.807, 2.05) is 97.1 Å². The lowest BCUT2D eigenvalue weighted by Gasteiger charge is -2.08. The van der Waals surface area contributed by atoms with Crippen molar-refractivity contribution in [1.29, 1.82) is 0 Å². The number of unbranched alkanes of at least 4 members (excludes halogenated alkanes) is 2. The Morgan fingerprint density at radius 1 is 0.538 bits per heavy atom. The molecule has 4 aromatic rings. The molecule has 39 heavy (non-hydrogen) atoms. The van der Waals surface area contributed by atoms with E-state index in [9.17, 15) is 9.59 Å². The summed E-state index contributed by atoms with van der Waals surface area (Å²) in [5, 5.41) is 8.71. The number of pyridine rings is 2. The van der Waals surface area contributed by atoms with Crippen LogP contribution in [0.1, 0.15) is 54.6 Å². The molecule has 2 N–H and O–H groups in total.